The molecule has 1 aliphatic rings. The lowest BCUT2D eigenvalue weighted by molar-refractivity contribution is 0.191. The molecule has 18 heavy (non-hydrogen) atoms. The molecule has 1 aromatic heterocycles. The van der Waals surface area contributed by atoms with Crippen LogP contribution in [0.25, 0.3) is 11.1 Å². The molecule has 0 bridgehead atoms. The van der Waals surface area contributed by atoms with Crippen molar-refractivity contribution >= 4 is 0 Å². The van der Waals surface area contributed by atoms with Gasteiger partial charge < -0.3 is 4.74 Å². The zero-order valence-electron chi connectivity index (χ0n) is 9.76. The van der Waals surface area contributed by atoms with Gasteiger partial charge in [-0.3, -0.25) is 4.98 Å². The first kappa shape index (κ1) is 11.2. The van der Waals surface area contributed by atoms with Crippen molar-refractivity contribution in [2.45, 2.75) is 6.23 Å². The van der Waals surface area contributed by atoms with Crippen LogP contribution in [0.1, 0.15) is 0 Å². The Morgan fingerprint density at radius 1 is 1.11 bits per heavy atom. The monoisotopic (exact) mass is 242 g/mol. The van der Waals surface area contributed by atoms with Gasteiger partial charge in [-0.1, -0.05) is 30.3 Å². The summed E-state index contributed by atoms with van der Waals surface area (Å²) in [4.78, 5) is 4.21. The minimum Gasteiger partial charge on any atom is -0.471 e. The van der Waals surface area contributed by atoms with Gasteiger partial charge in [0.25, 0.3) is 0 Å². The van der Waals surface area contributed by atoms with Gasteiger partial charge in [0.2, 0.25) is 0 Å². The van der Waals surface area contributed by atoms with E-state index in [1.807, 2.05) is 30.5 Å². The molecule has 0 radical (unpaired) electrons. The summed E-state index contributed by atoms with van der Waals surface area (Å²) in [5.41, 5.74) is 10.9. The van der Waals surface area contributed by atoms with E-state index in [0.717, 1.165) is 16.9 Å². The van der Waals surface area contributed by atoms with Gasteiger partial charge in [0.1, 0.15) is 5.75 Å². The summed E-state index contributed by atoms with van der Waals surface area (Å²) in [7, 11) is 0. The van der Waals surface area contributed by atoms with Crippen molar-refractivity contribution in [3.63, 3.8) is 0 Å². The quantitative estimate of drug-likeness (QED) is 0.751. The second-order valence-electron chi connectivity index (χ2n) is 4.03. The fraction of sp³-hybridized carbons (Fsp3) is 0.154. The van der Waals surface area contributed by atoms with E-state index in [1.165, 1.54) is 0 Å². The molecule has 1 unspecified atom stereocenters. The number of hydrazine groups is 2. The molecular weight excluding hydrogens is 228 g/mol. The van der Waals surface area contributed by atoms with Crippen molar-refractivity contribution in [1.82, 2.24) is 21.4 Å². The number of benzene rings is 1. The van der Waals surface area contributed by atoms with E-state index < -0.39 is 0 Å². The van der Waals surface area contributed by atoms with E-state index >= 15 is 0 Å². The largest absolute Gasteiger partial charge is 0.471 e. The smallest absolute Gasteiger partial charge is 0.177 e. The highest BCUT2D eigenvalue weighted by molar-refractivity contribution is 5.63. The molecule has 92 valence electrons. The van der Waals surface area contributed by atoms with Crippen molar-refractivity contribution < 1.29 is 4.74 Å². The van der Waals surface area contributed by atoms with Gasteiger partial charge >= 0.3 is 0 Å². The van der Waals surface area contributed by atoms with E-state index in [9.17, 15) is 0 Å². The van der Waals surface area contributed by atoms with E-state index in [1.54, 1.807) is 6.20 Å². The molecular formula is C13H14N4O. The third-order valence-electron chi connectivity index (χ3n) is 2.71. The molecule has 0 amide bonds. The minimum absolute atomic E-state index is 0.0853. The first-order valence-corrected chi connectivity index (χ1v) is 5.82. The SMILES string of the molecule is c1ccc(-c2cncc(OC3CNNN3)c2)cc1. The molecule has 1 saturated heterocycles. The first-order valence-electron chi connectivity index (χ1n) is 5.82. The van der Waals surface area contributed by atoms with Gasteiger partial charge in [-0.15, -0.1) is 0 Å². The lowest BCUT2D eigenvalue weighted by Crippen LogP contribution is -2.36. The van der Waals surface area contributed by atoms with Crippen molar-refractivity contribution in [3.05, 3.63) is 48.8 Å². The highest BCUT2D eigenvalue weighted by Crippen LogP contribution is 2.22. The van der Waals surface area contributed by atoms with Gasteiger partial charge in [0, 0.05) is 11.8 Å². The molecule has 0 spiro atoms. The molecule has 3 N–H and O–H groups in total. The van der Waals surface area contributed by atoms with Crippen LogP contribution >= 0.6 is 0 Å². The summed E-state index contributed by atoms with van der Waals surface area (Å²) in [5, 5.41) is 0. The van der Waals surface area contributed by atoms with Crippen LogP contribution in [-0.4, -0.2) is 17.8 Å². The lowest BCUT2D eigenvalue weighted by atomic mass is 10.1. The van der Waals surface area contributed by atoms with Crippen molar-refractivity contribution in [1.29, 1.82) is 0 Å². The van der Waals surface area contributed by atoms with Crippen molar-refractivity contribution in [2.75, 3.05) is 6.54 Å². The van der Waals surface area contributed by atoms with Gasteiger partial charge in [0.15, 0.2) is 6.23 Å². The Morgan fingerprint density at radius 3 is 2.78 bits per heavy atom. The number of ether oxygens (including phenoxy) is 1. The number of aromatic nitrogens is 1. The van der Waals surface area contributed by atoms with Crippen LogP contribution in [0.4, 0.5) is 0 Å². The fourth-order valence-electron chi connectivity index (χ4n) is 1.83. The Balaban J connectivity index is 1.80. The Morgan fingerprint density at radius 2 is 2.00 bits per heavy atom. The van der Waals surface area contributed by atoms with Crippen LogP contribution < -0.4 is 21.1 Å². The van der Waals surface area contributed by atoms with E-state index in [4.69, 9.17) is 4.74 Å². The second kappa shape index (κ2) is 5.14. The molecule has 1 aromatic carbocycles. The van der Waals surface area contributed by atoms with E-state index in [0.29, 0.717) is 6.54 Å². The van der Waals surface area contributed by atoms with E-state index in [-0.39, 0.29) is 6.23 Å². The molecule has 5 nitrogen and oxygen atoms in total. The average molecular weight is 242 g/mol. The summed E-state index contributed by atoms with van der Waals surface area (Å²) in [6, 6.07) is 12.1. The van der Waals surface area contributed by atoms with Crippen molar-refractivity contribution in [3.8, 4) is 16.9 Å². The summed E-state index contributed by atoms with van der Waals surface area (Å²) >= 11 is 0. The number of hydrogen-bond donors (Lipinski definition) is 3. The van der Waals surface area contributed by atoms with Crippen molar-refractivity contribution in [2.24, 2.45) is 0 Å². The molecule has 5 heteroatoms. The lowest BCUT2D eigenvalue weighted by Gasteiger charge is -2.12. The normalized spacial score (nSPS) is 18.8. The Labute approximate surface area is 105 Å². The number of pyridine rings is 1. The molecule has 0 saturated carbocycles. The Bertz CT molecular complexity index is 511. The van der Waals surface area contributed by atoms with Crippen LogP contribution in [0.15, 0.2) is 48.8 Å². The molecule has 3 rings (SSSR count). The molecule has 1 fully saturated rings. The Hall–Kier alpha value is -1.95. The fourth-order valence-corrected chi connectivity index (χ4v) is 1.83. The maximum Gasteiger partial charge on any atom is 0.177 e. The molecule has 2 heterocycles. The number of nitrogens with zero attached hydrogens (tertiary/aromatic N) is 1. The Kier molecular flexibility index (Phi) is 3.18. The molecule has 0 aliphatic carbocycles. The maximum absolute atomic E-state index is 5.74. The van der Waals surface area contributed by atoms with Gasteiger partial charge in [0.05, 0.1) is 12.7 Å². The number of hydrogen-bond acceptors (Lipinski definition) is 5. The standard InChI is InChI=1S/C13H14N4O/c1-2-4-10(5-3-1)11-6-12(8-14-7-11)18-13-9-15-17-16-13/h1-8,13,15-17H,9H2. The summed E-state index contributed by atoms with van der Waals surface area (Å²) in [5.74, 6) is 0.749. The second-order valence-corrected chi connectivity index (χ2v) is 4.03. The van der Waals surface area contributed by atoms with Crippen LogP contribution in [0, 0.1) is 0 Å². The predicted octanol–water partition coefficient (Wildman–Crippen LogP) is 1.07. The highest BCUT2D eigenvalue weighted by atomic mass is 16.5. The highest BCUT2D eigenvalue weighted by Gasteiger charge is 2.14. The molecule has 1 atom stereocenters. The summed E-state index contributed by atoms with van der Waals surface area (Å²) < 4.78 is 5.74. The summed E-state index contributed by atoms with van der Waals surface area (Å²) in [6.45, 7) is 0.704. The average Bonchev–Trinajstić information content (AvgIpc) is 2.93. The van der Waals surface area contributed by atoms with E-state index in [2.05, 4.69) is 33.5 Å². The third kappa shape index (κ3) is 2.48. The van der Waals surface area contributed by atoms with Crippen LogP contribution in [0.5, 0.6) is 5.75 Å². The zero-order valence-corrected chi connectivity index (χ0v) is 9.76. The number of nitrogens with one attached hydrogen (secondary N) is 3. The maximum atomic E-state index is 5.74. The number of rotatable bonds is 3. The van der Waals surface area contributed by atoms with Crippen LogP contribution in [-0.2, 0) is 0 Å². The van der Waals surface area contributed by atoms with Crippen LogP contribution in [0.3, 0.4) is 0 Å². The predicted molar refractivity (Wildman–Crippen MR) is 68.4 cm³/mol. The third-order valence-corrected chi connectivity index (χ3v) is 2.71. The molecule has 1 aliphatic heterocycles. The topological polar surface area (TPSA) is 58.2 Å². The van der Waals surface area contributed by atoms with Gasteiger partial charge in [-0.05, 0) is 11.6 Å². The van der Waals surface area contributed by atoms with Crippen LogP contribution in [0.2, 0.25) is 0 Å². The van der Waals surface area contributed by atoms with Gasteiger partial charge in [-0.2, -0.15) is 5.53 Å². The molecule has 2 aromatic rings. The van der Waals surface area contributed by atoms with Gasteiger partial charge in [-0.25, -0.2) is 10.9 Å². The minimum atomic E-state index is -0.0853. The summed E-state index contributed by atoms with van der Waals surface area (Å²) in [6.07, 6.45) is 3.46. The first-order chi connectivity index (χ1) is 8.92. The zero-order chi connectivity index (χ0) is 12.2.